The molecular weight excluding hydrogens is 375 g/mol. The zero-order valence-corrected chi connectivity index (χ0v) is 17.3. The van der Waals surface area contributed by atoms with Crippen molar-refractivity contribution in [1.82, 2.24) is 15.5 Å². The van der Waals surface area contributed by atoms with Crippen molar-refractivity contribution in [3.8, 4) is 0 Å². The molecule has 1 aliphatic rings. The molecule has 2 N–H and O–H groups in total. The van der Waals surface area contributed by atoms with E-state index in [-0.39, 0.29) is 11.9 Å². The van der Waals surface area contributed by atoms with Crippen molar-refractivity contribution in [2.45, 2.75) is 25.5 Å². The first kappa shape index (κ1) is 20.8. The fourth-order valence-electron chi connectivity index (χ4n) is 3.41. The molecule has 0 aliphatic carbocycles. The van der Waals surface area contributed by atoms with E-state index in [4.69, 9.17) is 4.74 Å². The molecule has 1 saturated heterocycles. The number of halogens is 1. The topological polar surface area (TPSA) is 48.9 Å². The molecule has 5 nitrogen and oxygen atoms in total. The minimum Gasteiger partial charge on any atom is -0.376 e. The highest BCUT2D eigenvalue weighted by molar-refractivity contribution is 7.10. The number of guanidine groups is 1. The summed E-state index contributed by atoms with van der Waals surface area (Å²) in [6.45, 7) is 6.29. The van der Waals surface area contributed by atoms with Crippen LogP contribution in [0.3, 0.4) is 0 Å². The molecule has 1 fully saturated rings. The Balaban J connectivity index is 1.52. The Morgan fingerprint density at radius 1 is 1.32 bits per heavy atom. The Morgan fingerprint density at radius 3 is 2.82 bits per heavy atom. The quantitative estimate of drug-likeness (QED) is 0.550. The average Bonchev–Trinajstić information content (AvgIpc) is 3.23. The van der Waals surface area contributed by atoms with Crippen molar-refractivity contribution in [2.75, 3.05) is 39.8 Å². The first-order valence-electron chi connectivity index (χ1n) is 9.73. The maximum Gasteiger partial charge on any atom is 0.191 e. The van der Waals surface area contributed by atoms with E-state index in [1.165, 1.54) is 17.0 Å². The van der Waals surface area contributed by atoms with Gasteiger partial charge in [0, 0.05) is 38.1 Å². The summed E-state index contributed by atoms with van der Waals surface area (Å²) >= 11 is 1.79. The zero-order valence-electron chi connectivity index (χ0n) is 16.5. The number of thiophene rings is 1. The van der Waals surface area contributed by atoms with E-state index in [2.05, 4.69) is 45.0 Å². The second-order valence-corrected chi connectivity index (χ2v) is 7.94. The zero-order chi connectivity index (χ0) is 19.8. The van der Waals surface area contributed by atoms with Gasteiger partial charge in [-0.3, -0.25) is 9.89 Å². The van der Waals surface area contributed by atoms with Crippen LogP contribution in [0.2, 0.25) is 0 Å². The van der Waals surface area contributed by atoms with Crippen LogP contribution in [0.15, 0.2) is 46.8 Å². The van der Waals surface area contributed by atoms with Crippen LogP contribution in [0.1, 0.15) is 23.4 Å². The van der Waals surface area contributed by atoms with Crippen LogP contribution in [0.4, 0.5) is 4.39 Å². The molecule has 28 heavy (non-hydrogen) atoms. The van der Waals surface area contributed by atoms with Gasteiger partial charge in [0.1, 0.15) is 5.82 Å². The second kappa shape index (κ2) is 10.5. The van der Waals surface area contributed by atoms with Crippen molar-refractivity contribution in [1.29, 1.82) is 0 Å². The lowest BCUT2D eigenvalue weighted by atomic mass is 10.1. The fourth-order valence-corrected chi connectivity index (χ4v) is 4.27. The molecule has 152 valence electrons. The number of hydrogen-bond acceptors (Lipinski definition) is 4. The molecule has 1 aromatic heterocycles. The van der Waals surface area contributed by atoms with Gasteiger partial charge in [0.25, 0.3) is 0 Å². The number of nitrogens with one attached hydrogen (secondary N) is 2. The lowest BCUT2D eigenvalue weighted by Crippen LogP contribution is -2.48. The predicted molar refractivity (Wildman–Crippen MR) is 114 cm³/mol. The van der Waals surface area contributed by atoms with Crippen molar-refractivity contribution in [3.05, 3.63) is 58.0 Å². The Morgan fingerprint density at radius 2 is 2.14 bits per heavy atom. The van der Waals surface area contributed by atoms with Gasteiger partial charge in [-0.05, 0) is 42.5 Å². The van der Waals surface area contributed by atoms with Gasteiger partial charge >= 0.3 is 0 Å². The SMILES string of the molecule is CN=C(NCCc1ccc(F)cc1)NCC(c1cccs1)N1CCOC(C)C1. The summed E-state index contributed by atoms with van der Waals surface area (Å²) in [7, 11) is 1.78. The molecule has 3 rings (SSSR count). The highest BCUT2D eigenvalue weighted by Gasteiger charge is 2.26. The number of morpholine rings is 1. The minimum absolute atomic E-state index is 0.203. The molecular formula is C21H29FN4OS. The summed E-state index contributed by atoms with van der Waals surface area (Å²) in [5, 5.41) is 8.95. The predicted octanol–water partition coefficient (Wildman–Crippen LogP) is 3.06. The second-order valence-electron chi connectivity index (χ2n) is 6.96. The third kappa shape index (κ3) is 6.02. The lowest BCUT2D eigenvalue weighted by Gasteiger charge is -2.37. The molecule has 0 saturated carbocycles. The number of nitrogens with zero attached hydrogens (tertiary/aromatic N) is 2. The highest BCUT2D eigenvalue weighted by Crippen LogP contribution is 2.26. The number of aliphatic imine (C=N–C) groups is 1. The van der Waals surface area contributed by atoms with Gasteiger partial charge in [0.15, 0.2) is 5.96 Å². The van der Waals surface area contributed by atoms with Gasteiger partial charge < -0.3 is 15.4 Å². The standard InChI is InChI=1S/C21H29FN4OS/c1-16-15-26(11-12-27-16)19(20-4-3-13-28-20)14-25-21(23-2)24-10-9-17-5-7-18(22)8-6-17/h3-8,13,16,19H,9-12,14-15H2,1-2H3,(H2,23,24,25). The molecule has 1 aliphatic heterocycles. The van der Waals surface area contributed by atoms with Gasteiger partial charge in [-0.25, -0.2) is 4.39 Å². The minimum atomic E-state index is -0.203. The molecule has 0 amide bonds. The van der Waals surface area contributed by atoms with E-state index in [0.29, 0.717) is 6.04 Å². The summed E-state index contributed by atoms with van der Waals surface area (Å²) < 4.78 is 18.7. The molecule has 7 heteroatoms. The van der Waals surface area contributed by atoms with Gasteiger partial charge in [-0.15, -0.1) is 11.3 Å². The fraction of sp³-hybridized carbons (Fsp3) is 0.476. The van der Waals surface area contributed by atoms with Crippen molar-refractivity contribution in [2.24, 2.45) is 4.99 Å². The molecule has 0 bridgehead atoms. The van der Waals surface area contributed by atoms with E-state index in [1.54, 1.807) is 18.4 Å². The van der Waals surface area contributed by atoms with E-state index in [0.717, 1.165) is 50.7 Å². The first-order valence-corrected chi connectivity index (χ1v) is 10.6. The normalized spacial score (nSPS) is 19.4. The number of rotatable bonds is 7. The molecule has 0 radical (unpaired) electrons. The van der Waals surface area contributed by atoms with E-state index < -0.39 is 0 Å². The third-order valence-corrected chi connectivity index (χ3v) is 5.86. The van der Waals surface area contributed by atoms with Crippen LogP contribution in [0, 0.1) is 5.82 Å². The van der Waals surface area contributed by atoms with Gasteiger partial charge in [0.2, 0.25) is 0 Å². The van der Waals surface area contributed by atoms with Crippen LogP contribution in [0.5, 0.6) is 0 Å². The Hall–Kier alpha value is -1.96. The van der Waals surface area contributed by atoms with E-state index in [9.17, 15) is 4.39 Å². The van der Waals surface area contributed by atoms with Crippen LogP contribution in [-0.2, 0) is 11.2 Å². The molecule has 0 spiro atoms. The van der Waals surface area contributed by atoms with Gasteiger partial charge in [0.05, 0.1) is 18.8 Å². The summed E-state index contributed by atoms with van der Waals surface area (Å²) in [5.74, 6) is 0.580. The van der Waals surface area contributed by atoms with Crippen LogP contribution in [0.25, 0.3) is 0 Å². The Bertz CT molecular complexity index is 735. The number of ether oxygens (including phenoxy) is 1. The molecule has 2 aromatic rings. The Kier molecular flexibility index (Phi) is 7.82. The molecule has 2 heterocycles. The Labute approximate surface area is 170 Å². The maximum atomic E-state index is 13.0. The largest absolute Gasteiger partial charge is 0.376 e. The third-order valence-electron chi connectivity index (χ3n) is 4.89. The van der Waals surface area contributed by atoms with Gasteiger partial charge in [-0.1, -0.05) is 18.2 Å². The summed E-state index contributed by atoms with van der Waals surface area (Å²) in [6, 6.07) is 11.2. The van der Waals surface area contributed by atoms with Crippen molar-refractivity contribution in [3.63, 3.8) is 0 Å². The average molecular weight is 405 g/mol. The van der Waals surface area contributed by atoms with Crippen molar-refractivity contribution < 1.29 is 9.13 Å². The molecule has 2 unspecified atom stereocenters. The monoisotopic (exact) mass is 404 g/mol. The maximum absolute atomic E-state index is 13.0. The number of benzene rings is 1. The summed E-state index contributed by atoms with van der Waals surface area (Å²) in [4.78, 5) is 8.18. The van der Waals surface area contributed by atoms with Gasteiger partial charge in [-0.2, -0.15) is 0 Å². The highest BCUT2D eigenvalue weighted by atomic mass is 32.1. The van der Waals surface area contributed by atoms with E-state index in [1.807, 2.05) is 12.1 Å². The van der Waals surface area contributed by atoms with Crippen LogP contribution >= 0.6 is 11.3 Å². The number of hydrogen-bond donors (Lipinski definition) is 2. The molecule has 1 aromatic carbocycles. The molecule has 2 atom stereocenters. The van der Waals surface area contributed by atoms with E-state index >= 15 is 0 Å². The first-order chi connectivity index (χ1) is 13.7. The van der Waals surface area contributed by atoms with Crippen LogP contribution in [-0.4, -0.2) is 56.8 Å². The van der Waals surface area contributed by atoms with Crippen LogP contribution < -0.4 is 10.6 Å². The van der Waals surface area contributed by atoms with Crippen molar-refractivity contribution >= 4 is 17.3 Å². The summed E-state index contributed by atoms with van der Waals surface area (Å²) in [5.41, 5.74) is 1.10. The summed E-state index contributed by atoms with van der Waals surface area (Å²) in [6.07, 6.45) is 1.07. The smallest absolute Gasteiger partial charge is 0.191 e. The lowest BCUT2D eigenvalue weighted by molar-refractivity contribution is -0.0334.